The first-order valence-electron chi connectivity index (χ1n) is 18.1. The third-order valence-electron chi connectivity index (χ3n) is 10.2. The monoisotopic (exact) mass is 826 g/mol. The molecule has 302 valence electrons. The number of aromatic nitrogens is 3. The average Bonchev–Trinajstić information content (AvgIpc) is 4.07. The number of ketones is 1. The fraction of sp³-hybridized carbons (Fsp3) is 0.514. The van der Waals surface area contributed by atoms with Crippen molar-refractivity contribution in [1.29, 1.82) is 0 Å². The third-order valence-corrected chi connectivity index (χ3v) is 12.2. The molecule has 1 heterocycles. The van der Waals surface area contributed by atoms with Crippen molar-refractivity contribution in [3.63, 3.8) is 0 Å². The highest BCUT2D eigenvalue weighted by atomic mass is 35.5. The molecular weight excluding hydrogens is 787 g/mol. The van der Waals surface area contributed by atoms with E-state index < -0.39 is 81.1 Å². The van der Waals surface area contributed by atoms with Gasteiger partial charge in [-0.2, -0.15) is 28.1 Å². The molecular formula is C37H40ClF5N6O6S. The van der Waals surface area contributed by atoms with Gasteiger partial charge in [-0.1, -0.05) is 48.0 Å². The number of alkyl halides is 5. The number of sulfonamides is 1. The normalized spacial score (nSPS) is 21.9. The summed E-state index contributed by atoms with van der Waals surface area (Å²) in [6, 6.07) is 13.2. The molecule has 12 nitrogen and oxygen atoms in total. The van der Waals surface area contributed by atoms with Crippen molar-refractivity contribution in [2.75, 3.05) is 11.9 Å². The first-order chi connectivity index (χ1) is 26.2. The molecule has 19 heteroatoms. The number of carbonyl (C=O) groups is 3. The van der Waals surface area contributed by atoms with E-state index in [0.717, 1.165) is 18.4 Å². The molecule has 0 spiro atoms. The minimum atomic E-state index is -4.62. The molecule has 1 aromatic heterocycles. The first kappa shape index (κ1) is 41.2. The summed E-state index contributed by atoms with van der Waals surface area (Å²) in [6.07, 6.45) is -3.14. The molecule has 56 heavy (non-hydrogen) atoms. The maximum atomic E-state index is 13.8. The fourth-order valence-corrected chi connectivity index (χ4v) is 7.40. The Kier molecular flexibility index (Phi) is 11.4. The van der Waals surface area contributed by atoms with Crippen LogP contribution in [0, 0.1) is 11.8 Å². The lowest BCUT2D eigenvalue weighted by Gasteiger charge is -2.20. The van der Waals surface area contributed by atoms with Crippen LogP contribution in [0.25, 0.3) is 0 Å². The van der Waals surface area contributed by atoms with Crippen LogP contribution in [0.5, 0.6) is 6.01 Å². The summed E-state index contributed by atoms with van der Waals surface area (Å²) >= 11 is 6.03. The maximum Gasteiger partial charge on any atom is 0.422 e. The molecule has 2 aromatic carbocycles. The zero-order chi connectivity index (χ0) is 40.7. The van der Waals surface area contributed by atoms with Crippen molar-refractivity contribution in [2.24, 2.45) is 11.8 Å². The molecule has 3 fully saturated rings. The Morgan fingerprint density at radius 3 is 2.16 bits per heavy atom. The summed E-state index contributed by atoms with van der Waals surface area (Å²) in [5.74, 6) is -6.69. The fourth-order valence-electron chi connectivity index (χ4n) is 6.60. The van der Waals surface area contributed by atoms with Crippen LogP contribution in [0.4, 0.5) is 27.9 Å². The highest BCUT2D eigenvalue weighted by Gasteiger charge is 2.74. The quantitative estimate of drug-likeness (QED) is 0.0754. The molecule has 3 aliphatic rings. The zero-order valence-electron chi connectivity index (χ0n) is 30.4. The Balaban J connectivity index is 1.02. The molecule has 3 N–H and O–H groups in total. The van der Waals surface area contributed by atoms with Crippen LogP contribution in [-0.2, 0) is 31.6 Å². The second-order valence-electron chi connectivity index (χ2n) is 14.9. The first-order valence-corrected chi connectivity index (χ1v) is 20.0. The summed E-state index contributed by atoms with van der Waals surface area (Å²) in [5, 5.41) is 5.34. The van der Waals surface area contributed by atoms with Crippen molar-refractivity contribution >= 4 is 45.2 Å². The summed E-state index contributed by atoms with van der Waals surface area (Å²) in [6.45, 7) is 1.12. The van der Waals surface area contributed by atoms with E-state index in [1.165, 1.54) is 13.8 Å². The van der Waals surface area contributed by atoms with Gasteiger partial charge in [0.05, 0.1) is 10.8 Å². The number of benzene rings is 2. The van der Waals surface area contributed by atoms with Gasteiger partial charge in [-0.25, -0.2) is 17.2 Å². The lowest BCUT2D eigenvalue weighted by Crippen LogP contribution is -2.53. The van der Waals surface area contributed by atoms with Crippen LogP contribution in [0.3, 0.4) is 0 Å². The molecule has 1 unspecified atom stereocenters. The number of nitrogens with zero attached hydrogens (tertiary/aromatic N) is 3. The number of nitrogens with one attached hydrogen (secondary N) is 3. The number of rotatable bonds is 18. The molecule has 0 saturated heterocycles. The van der Waals surface area contributed by atoms with E-state index in [4.69, 9.17) is 16.3 Å². The van der Waals surface area contributed by atoms with Crippen LogP contribution in [0.15, 0.2) is 48.5 Å². The van der Waals surface area contributed by atoms with E-state index in [1.54, 1.807) is 36.4 Å². The van der Waals surface area contributed by atoms with Gasteiger partial charge in [0.15, 0.2) is 12.4 Å². The van der Waals surface area contributed by atoms with Crippen molar-refractivity contribution in [3.05, 3.63) is 76.1 Å². The lowest BCUT2D eigenvalue weighted by atomic mass is 10.0. The van der Waals surface area contributed by atoms with Gasteiger partial charge in [0.2, 0.25) is 21.9 Å². The highest BCUT2D eigenvalue weighted by Crippen LogP contribution is 2.64. The van der Waals surface area contributed by atoms with Crippen molar-refractivity contribution in [1.82, 2.24) is 25.0 Å². The summed E-state index contributed by atoms with van der Waals surface area (Å²) in [7, 11) is -4.06. The van der Waals surface area contributed by atoms with E-state index in [-0.39, 0.29) is 56.1 Å². The number of unbranched alkanes of at least 4 members (excludes halogenated alkanes) is 1. The number of amides is 2. The molecule has 3 aromatic rings. The molecule has 3 saturated carbocycles. The largest absolute Gasteiger partial charge is 0.454 e. The molecule has 2 amide bonds. The summed E-state index contributed by atoms with van der Waals surface area (Å²) in [4.78, 5) is 51.4. The Bertz CT molecular complexity index is 2080. The number of carbonyl (C=O) groups excluding carboxylic acids is 3. The molecule has 3 aliphatic carbocycles. The van der Waals surface area contributed by atoms with Gasteiger partial charge in [0.25, 0.3) is 11.8 Å². The standard InChI is InChI=1S/C37H40ClF5N6O6S/c1-21(2)56(53,54)49-31(52)35(18-26(35)27-19-36(27,39)40)47-30(51)6-4-3-5-28(50)23-9-7-22(8-10-23)17-29-44-32(46-33(45-29)55-20-37(41,42)43)48-34(15-16-34)24-11-13-25(38)14-12-24/h7-14,21,26-27H,3-6,15-20H2,1-2H3,(H,47,51)(H,49,52)(H,44,45,46,48)/t26-,27?,35+/m0/s1. The zero-order valence-corrected chi connectivity index (χ0v) is 32.0. The van der Waals surface area contributed by atoms with E-state index in [2.05, 4.69) is 25.6 Å². The Labute approximate surface area is 324 Å². The van der Waals surface area contributed by atoms with E-state index in [0.29, 0.717) is 16.1 Å². The second-order valence-corrected chi connectivity index (χ2v) is 17.6. The van der Waals surface area contributed by atoms with Crippen LogP contribution in [0.2, 0.25) is 5.02 Å². The molecule has 3 atom stereocenters. The number of ether oxygens (including phenoxy) is 1. The topological polar surface area (TPSA) is 169 Å². The number of Topliss-reactive ketones (excluding diaryl/α,β-unsaturated/α-hetero) is 1. The van der Waals surface area contributed by atoms with Crippen LogP contribution in [-0.4, -0.2) is 70.5 Å². The summed E-state index contributed by atoms with van der Waals surface area (Å²) in [5.41, 5.74) is -0.330. The summed E-state index contributed by atoms with van der Waals surface area (Å²) < 4.78 is 97.9. The van der Waals surface area contributed by atoms with E-state index in [1.807, 2.05) is 16.9 Å². The van der Waals surface area contributed by atoms with Gasteiger partial charge in [0, 0.05) is 48.1 Å². The van der Waals surface area contributed by atoms with Crippen LogP contribution >= 0.6 is 11.6 Å². The lowest BCUT2D eigenvalue weighted by molar-refractivity contribution is -0.154. The van der Waals surface area contributed by atoms with Gasteiger partial charge < -0.3 is 15.4 Å². The van der Waals surface area contributed by atoms with Gasteiger partial charge in [-0.15, -0.1) is 0 Å². The molecule has 0 bridgehead atoms. The number of anilines is 1. The minimum Gasteiger partial charge on any atom is -0.454 e. The predicted octanol–water partition coefficient (Wildman–Crippen LogP) is 6.29. The van der Waals surface area contributed by atoms with E-state index >= 15 is 0 Å². The minimum absolute atomic E-state index is 0.0408. The second kappa shape index (κ2) is 15.5. The number of hydrogen-bond donors (Lipinski definition) is 3. The van der Waals surface area contributed by atoms with Gasteiger partial charge in [-0.3, -0.25) is 19.1 Å². The Morgan fingerprint density at radius 1 is 0.929 bits per heavy atom. The van der Waals surface area contributed by atoms with Gasteiger partial charge in [0.1, 0.15) is 11.4 Å². The number of hydrogen-bond acceptors (Lipinski definition) is 10. The van der Waals surface area contributed by atoms with Gasteiger partial charge >= 0.3 is 12.2 Å². The SMILES string of the molecule is CC(C)S(=O)(=O)NC(=O)[C@@]1(NC(=O)CCCCC(=O)c2ccc(Cc3nc(NC4(c5ccc(Cl)cc5)CC4)nc(OCC(F)(F)F)n3)cc2)C[C@H]1C1CC1(F)F. The van der Waals surface area contributed by atoms with Crippen molar-refractivity contribution < 1.29 is 49.5 Å². The Hall–Kier alpha value is -4.45. The third kappa shape index (κ3) is 9.91. The predicted molar refractivity (Wildman–Crippen MR) is 194 cm³/mol. The van der Waals surface area contributed by atoms with Crippen molar-refractivity contribution in [2.45, 2.75) is 100 Å². The smallest absolute Gasteiger partial charge is 0.422 e. The average molecular weight is 827 g/mol. The number of halogens is 6. The Morgan fingerprint density at radius 2 is 1.57 bits per heavy atom. The molecule has 0 radical (unpaired) electrons. The highest BCUT2D eigenvalue weighted by molar-refractivity contribution is 7.90. The maximum absolute atomic E-state index is 13.8. The van der Waals surface area contributed by atoms with Crippen LogP contribution in [0.1, 0.15) is 92.5 Å². The van der Waals surface area contributed by atoms with Crippen LogP contribution < -0.4 is 20.1 Å². The van der Waals surface area contributed by atoms with Crippen molar-refractivity contribution in [3.8, 4) is 6.01 Å². The van der Waals surface area contributed by atoms with E-state index in [9.17, 15) is 44.8 Å². The molecule has 6 rings (SSSR count). The molecule has 0 aliphatic heterocycles. The van der Waals surface area contributed by atoms with Gasteiger partial charge in [-0.05, 0) is 69.2 Å².